The summed E-state index contributed by atoms with van der Waals surface area (Å²) < 4.78 is 44.9. The van der Waals surface area contributed by atoms with E-state index in [2.05, 4.69) is 5.32 Å². The molecule has 146 valence electrons. The number of carbonyl (C=O) groups is 1. The van der Waals surface area contributed by atoms with E-state index in [0.29, 0.717) is 25.2 Å². The number of benzene rings is 1. The lowest BCUT2D eigenvalue weighted by atomic mass is 10.0. The third kappa shape index (κ3) is 3.76. The van der Waals surface area contributed by atoms with Crippen molar-refractivity contribution in [1.82, 2.24) is 14.5 Å². The number of nitrogens with zero attached hydrogens (tertiary/aromatic N) is 2. The normalized spacial score (nSPS) is 18.1. The molecule has 0 bridgehead atoms. The fourth-order valence-electron chi connectivity index (χ4n) is 3.12. The van der Waals surface area contributed by atoms with Gasteiger partial charge in [0, 0.05) is 39.8 Å². The molecule has 1 fully saturated rings. The van der Waals surface area contributed by atoms with Gasteiger partial charge in [-0.25, -0.2) is 17.1 Å². The van der Waals surface area contributed by atoms with E-state index in [1.165, 1.54) is 39.2 Å². The molecule has 1 aliphatic heterocycles. The van der Waals surface area contributed by atoms with Crippen molar-refractivity contribution >= 4 is 15.9 Å². The highest BCUT2D eigenvalue weighted by Crippen LogP contribution is 2.28. The van der Waals surface area contributed by atoms with Crippen molar-refractivity contribution < 1.29 is 22.0 Å². The Morgan fingerprint density at radius 2 is 2.07 bits per heavy atom. The molecule has 27 heavy (non-hydrogen) atoms. The highest BCUT2D eigenvalue weighted by atomic mass is 32.2. The lowest BCUT2D eigenvalue weighted by Crippen LogP contribution is -2.48. The molecule has 1 aromatic heterocycles. The second-order valence-electron chi connectivity index (χ2n) is 6.59. The van der Waals surface area contributed by atoms with Crippen molar-refractivity contribution in [3.63, 3.8) is 0 Å². The highest BCUT2D eigenvalue weighted by Gasteiger charge is 2.33. The first-order chi connectivity index (χ1) is 12.7. The number of nitrogens with one attached hydrogen (secondary N) is 1. The van der Waals surface area contributed by atoms with Gasteiger partial charge < -0.3 is 14.6 Å². The van der Waals surface area contributed by atoms with Crippen molar-refractivity contribution in [3.05, 3.63) is 53.2 Å². The van der Waals surface area contributed by atoms with Crippen LogP contribution in [-0.4, -0.2) is 57.3 Å². The van der Waals surface area contributed by atoms with Crippen molar-refractivity contribution in [1.29, 1.82) is 0 Å². The number of hydrogen-bond acceptors (Lipinski definition) is 5. The van der Waals surface area contributed by atoms with Gasteiger partial charge in [-0.1, -0.05) is 12.1 Å². The molecule has 1 aromatic carbocycles. The number of aryl methyl sites for hydroxylation is 1. The number of rotatable bonds is 4. The summed E-state index contributed by atoms with van der Waals surface area (Å²) in [5.41, 5.74) is 0.667. The Bertz CT molecular complexity index is 955. The Kier molecular flexibility index (Phi) is 5.36. The average Bonchev–Trinajstić information content (AvgIpc) is 3.03. The first-order valence-corrected chi connectivity index (χ1v) is 9.96. The largest absolute Gasteiger partial charge is 0.455 e. The molecule has 1 saturated heterocycles. The third-order valence-corrected chi connectivity index (χ3v) is 6.50. The van der Waals surface area contributed by atoms with E-state index in [-0.39, 0.29) is 28.3 Å². The molecular weight excluding hydrogens is 373 g/mol. The number of amides is 1. The molecule has 0 saturated carbocycles. The number of piperazine rings is 1. The summed E-state index contributed by atoms with van der Waals surface area (Å²) in [6.45, 7) is 2.96. The summed E-state index contributed by atoms with van der Waals surface area (Å²) in [6, 6.07) is 6.99. The highest BCUT2D eigenvalue weighted by molar-refractivity contribution is 7.89. The number of carbonyl (C=O) groups excluding carboxylic acids is 1. The fraction of sp³-hybridized carbons (Fsp3) is 0.389. The Morgan fingerprint density at radius 3 is 2.74 bits per heavy atom. The molecule has 2 heterocycles. The smallest absolute Gasteiger partial charge is 0.290 e. The molecule has 1 atom stereocenters. The molecule has 1 N–H and O–H groups in total. The van der Waals surface area contributed by atoms with E-state index in [0.717, 1.165) is 4.31 Å². The van der Waals surface area contributed by atoms with Gasteiger partial charge in [-0.15, -0.1) is 0 Å². The van der Waals surface area contributed by atoms with E-state index < -0.39 is 15.9 Å². The molecular formula is C18H22FN3O4S. The zero-order valence-electron chi connectivity index (χ0n) is 15.4. The second-order valence-corrected chi connectivity index (χ2v) is 8.71. The van der Waals surface area contributed by atoms with Crippen molar-refractivity contribution in [3.8, 4) is 0 Å². The van der Waals surface area contributed by atoms with Crippen LogP contribution in [0.2, 0.25) is 0 Å². The van der Waals surface area contributed by atoms with Gasteiger partial charge >= 0.3 is 0 Å². The Hall–Kier alpha value is -2.23. The first kappa shape index (κ1) is 19.5. The lowest BCUT2D eigenvalue weighted by Gasteiger charge is -2.36. The van der Waals surface area contributed by atoms with E-state index in [4.69, 9.17) is 4.42 Å². The monoisotopic (exact) mass is 395 g/mol. The molecule has 0 radical (unpaired) electrons. The summed E-state index contributed by atoms with van der Waals surface area (Å²) in [5, 5.41) is 3.20. The Balaban J connectivity index is 1.94. The van der Waals surface area contributed by atoms with Crippen LogP contribution in [0.3, 0.4) is 0 Å². The number of furan rings is 1. The van der Waals surface area contributed by atoms with Crippen LogP contribution in [0.1, 0.15) is 27.9 Å². The van der Waals surface area contributed by atoms with Crippen molar-refractivity contribution in [2.24, 2.45) is 0 Å². The Labute approximate surface area is 157 Å². The predicted octanol–water partition coefficient (Wildman–Crippen LogP) is 1.76. The predicted molar refractivity (Wildman–Crippen MR) is 97.4 cm³/mol. The van der Waals surface area contributed by atoms with Crippen molar-refractivity contribution in [2.75, 3.05) is 33.7 Å². The number of sulfonamides is 1. The molecule has 7 nitrogen and oxygen atoms in total. The standard InChI is InChI=1S/C18H22FN3O4S/c1-12-17(27(24,25)21(2)3)10-16(26-12)18(23)22-8-7-20-11-15(22)13-5-4-6-14(19)9-13/h4-6,9-10,15,20H,7-8,11H2,1-3H3. The van der Waals surface area contributed by atoms with Gasteiger partial charge in [0.2, 0.25) is 10.0 Å². The molecule has 0 spiro atoms. The molecule has 2 aromatic rings. The summed E-state index contributed by atoms with van der Waals surface area (Å²) >= 11 is 0. The maximum atomic E-state index is 13.6. The van der Waals surface area contributed by atoms with E-state index in [9.17, 15) is 17.6 Å². The summed E-state index contributed by atoms with van der Waals surface area (Å²) in [7, 11) is -0.883. The minimum atomic E-state index is -3.72. The van der Waals surface area contributed by atoms with Crippen LogP contribution in [-0.2, 0) is 10.0 Å². The first-order valence-electron chi connectivity index (χ1n) is 8.52. The van der Waals surface area contributed by atoms with Gasteiger partial charge in [-0.3, -0.25) is 4.79 Å². The van der Waals surface area contributed by atoms with Gasteiger partial charge in [0.05, 0.1) is 6.04 Å². The summed E-state index contributed by atoms with van der Waals surface area (Å²) in [5.74, 6) is -0.687. The van der Waals surface area contributed by atoms with Gasteiger partial charge in [-0.2, -0.15) is 0 Å². The average molecular weight is 395 g/mol. The van der Waals surface area contributed by atoms with E-state index in [1.807, 2.05) is 0 Å². The zero-order valence-corrected chi connectivity index (χ0v) is 16.2. The molecule has 1 unspecified atom stereocenters. The molecule has 0 aliphatic carbocycles. The van der Waals surface area contributed by atoms with Gasteiger partial charge in [0.1, 0.15) is 16.5 Å². The molecule has 3 rings (SSSR count). The maximum absolute atomic E-state index is 13.6. The van der Waals surface area contributed by atoms with Crippen LogP contribution >= 0.6 is 0 Å². The fourth-order valence-corrected chi connectivity index (χ4v) is 4.18. The minimum Gasteiger partial charge on any atom is -0.455 e. The van der Waals surface area contributed by atoms with E-state index >= 15 is 0 Å². The molecule has 1 amide bonds. The Morgan fingerprint density at radius 1 is 1.33 bits per heavy atom. The number of halogens is 1. The van der Waals surface area contributed by atoms with Crippen LogP contribution in [0.15, 0.2) is 39.6 Å². The quantitative estimate of drug-likeness (QED) is 0.853. The van der Waals surface area contributed by atoms with Crippen LogP contribution in [0.25, 0.3) is 0 Å². The number of hydrogen-bond donors (Lipinski definition) is 1. The van der Waals surface area contributed by atoms with E-state index in [1.54, 1.807) is 17.0 Å². The zero-order chi connectivity index (χ0) is 19.8. The molecule has 1 aliphatic rings. The van der Waals surface area contributed by atoms with Gasteiger partial charge in [-0.05, 0) is 24.6 Å². The summed E-state index contributed by atoms with van der Waals surface area (Å²) in [6.07, 6.45) is 0. The maximum Gasteiger partial charge on any atom is 0.290 e. The van der Waals surface area contributed by atoms with Gasteiger partial charge in [0.25, 0.3) is 5.91 Å². The van der Waals surface area contributed by atoms with Gasteiger partial charge in [0.15, 0.2) is 5.76 Å². The van der Waals surface area contributed by atoms with Crippen LogP contribution in [0.4, 0.5) is 4.39 Å². The van der Waals surface area contributed by atoms with Crippen molar-refractivity contribution in [2.45, 2.75) is 17.9 Å². The topological polar surface area (TPSA) is 82.9 Å². The SMILES string of the molecule is Cc1oc(C(=O)N2CCNCC2c2cccc(F)c2)cc1S(=O)(=O)N(C)C. The second kappa shape index (κ2) is 7.41. The third-order valence-electron chi connectivity index (χ3n) is 4.58. The van der Waals surface area contributed by atoms with Crippen LogP contribution < -0.4 is 5.32 Å². The summed E-state index contributed by atoms with van der Waals surface area (Å²) in [4.78, 5) is 14.6. The van der Waals surface area contributed by atoms with Crippen LogP contribution in [0.5, 0.6) is 0 Å². The molecule has 9 heteroatoms. The minimum absolute atomic E-state index is 0.0340. The van der Waals surface area contributed by atoms with Crippen LogP contribution in [0, 0.1) is 12.7 Å². The lowest BCUT2D eigenvalue weighted by molar-refractivity contribution is 0.0600.